The molecule has 0 aromatic heterocycles. The predicted molar refractivity (Wildman–Crippen MR) is 65.6 cm³/mol. The molecule has 100 valence electrons. The molecule has 3 N–H and O–H groups in total. The normalized spacial score (nSPS) is 37.2. The molecule has 1 aliphatic carbocycles. The zero-order valence-corrected chi connectivity index (χ0v) is 10.5. The van der Waals surface area contributed by atoms with E-state index in [0.29, 0.717) is 13.1 Å². The smallest absolute Gasteiger partial charge is 0.0929 e. The first-order valence-electron chi connectivity index (χ1n) is 6.90. The fourth-order valence-electron chi connectivity index (χ4n) is 3.25. The number of hydrogen-bond acceptors (Lipinski definition) is 4. The van der Waals surface area contributed by atoms with Gasteiger partial charge in [0.25, 0.3) is 0 Å². The Kier molecular flexibility index (Phi) is 4.79. The van der Waals surface area contributed by atoms with E-state index in [9.17, 15) is 15.3 Å². The van der Waals surface area contributed by atoms with Crippen molar-refractivity contribution in [1.82, 2.24) is 4.90 Å². The van der Waals surface area contributed by atoms with Crippen LogP contribution in [-0.2, 0) is 0 Å². The lowest BCUT2D eigenvalue weighted by Gasteiger charge is -2.40. The molecule has 1 saturated heterocycles. The number of β-amino-alcohol motifs (C(OH)–C–C–N with tert-alkyl or cyclic N) is 1. The summed E-state index contributed by atoms with van der Waals surface area (Å²) in [5.41, 5.74) is 0. The molecule has 0 aromatic carbocycles. The second kappa shape index (κ2) is 6.14. The number of nitrogens with zero attached hydrogens (tertiary/aromatic N) is 1. The van der Waals surface area contributed by atoms with Crippen molar-refractivity contribution in [3.05, 3.63) is 0 Å². The Balaban J connectivity index is 1.84. The van der Waals surface area contributed by atoms with Crippen LogP contribution in [0.5, 0.6) is 0 Å². The third kappa shape index (κ3) is 3.41. The van der Waals surface area contributed by atoms with E-state index in [-0.39, 0.29) is 12.5 Å². The molecular formula is C13H25NO3. The largest absolute Gasteiger partial charge is 0.396 e. The van der Waals surface area contributed by atoms with Crippen molar-refractivity contribution in [2.45, 2.75) is 44.3 Å². The summed E-state index contributed by atoms with van der Waals surface area (Å²) in [6.45, 7) is 2.24. The topological polar surface area (TPSA) is 63.9 Å². The van der Waals surface area contributed by atoms with Crippen LogP contribution in [0.4, 0.5) is 0 Å². The van der Waals surface area contributed by atoms with Crippen molar-refractivity contribution in [1.29, 1.82) is 0 Å². The molecule has 2 aliphatic rings. The van der Waals surface area contributed by atoms with Gasteiger partial charge in [-0.1, -0.05) is 19.3 Å². The lowest BCUT2D eigenvalue weighted by molar-refractivity contribution is -0.0892. The SMILES string of the molecule is OC[C@H]1CN(CC2CCCCC2)C[C@@H](O)[C@@H]1O. The number of rotatable bonds is 3. The van der Waals surface area contributed by atoms with Gasteiger partial charge in [0.15, 0.2) is 0 Å². The van der Waals surface area contributed by atoms with Crippen LogP contribution in [0, 0.1) is 11.8 Å². The quantitative estimate of drug-likeness (QED) is 0.663. The Morgan fingerprint density at radius 3 is 2.35 bits per heavy atom. The van der Waals surface area contributed by atoms with Crippen LogP contribution in [0.3, 0.4) is 0 Å². The molecular weight excluding hydrogens is 218 g/mol. The highest BCUT2D eigenvalue weighted by atomic mass is 16.3. The molecule has 2 rings (SSSR count). The minimum absolute atomic E-state index is 0.0423. The van der Waals surface area contributed by atoms with E-state index in [0.717, 1.165) is 12.5 Å². The van der Waals surface area contributed by atoms with Crippen LogP contribution in [0.15, 0.2) is 0 Å². The summed E-state index contributed by atoms with van der Waals surface area (Å²) in [5.74, 6) is 0.549. The van der Waals surface area contributed by atoms with Crippen LogP contribution in [0.1, 0.15) is 32.1 Å². The van der Waals surface area contributed by atoms with E-state index < -0.39 is 12.2 Å². The van der Waals surface area contributed by atoms with Gasteiger partial charge < -0.3 is 15.3 Å². The van der Waals surface area contributed by atoms with Gasteiger partial charge in [0.1, 0.15) is 0 Å². The number of aliphatic hydroxyl groups excluding tert-OH is 3. The Hall–Kier alpha value is -0.160. The first kappa shape index (κ1) is 13.3. The first-order valence-corrected chi connectivity index (χ1v) is 6.90. The van der Waals surface area contributed by atoms with Gasteiger partial charge in [0, 0.05) is 32.2 Å². The average Bonchev–Trinajstić information content (AvgIpc) is 2.35. The zero-order chi connectivity index (χ0) is 12.3. The summed E-state index contributed by atoms with van der Waals surface area (Å²) >= 11 is 0. The molecule has 0 spiro atoms. The highest BCUT2D eigenvalue weighted by Crippen LogP contribution is 2.26. The van der Waals surface area contributed by atoms with Crippen LogP contribution in [0.2, 0.25) is 0 Å². The summed E-state index contributed by atoms with van der Waals surface area (Å²) in [5, 5.41) is 28.7. The minimum Gasteiger partial charge on any atom is -0.396 e. The summed E-state index contributed by atoms with van der Waals surface area (Å²) in [6.07, 6.45) is 5.13. The molecule has 0 radical (unpaired) electrons. The maximum Gasteiger partial charge on any atom is 0.0929 e. The molecule has 2 fully saturated rings. The van der Waals surface area contributed by atoms with Gasteiger partial charge in [-0.05, 0) is 18.8 Å². The second-order valence-corrected chi connectivity index (χ2v) is 5.72. The highest BCUT2D eigenvalue weighted by molar-refractivity contribution is 4.87. The molecule has 1 heterocycles. The monoisotopic (exact) mass is 243 g/mol. The summed E-state index contributed by atoms with van der Waals surface area (Å²) in [4.78, 5) is 2.22. The van der Waals surface area contributed by atoms with Crippen molar-refractivity contribution < 1.29 is 15.3 Å². The van der Waals surface area contributed by atoms with Crippen LogP contribution >= 0.6 is 0 Å². The fourth-order valence-corrected chi connectivity index (χ4v) is 3.25. The van der Waals surface area contributed by atoms with Gasteiger partial charge in [0.2, 0.25) is 0 Å². The lowest BCUT2D eigenvalue weighted by Crippen LogP contribution is -2.54. The molecule has 4 heteroatoms. The van der Waals surface area contributed by atoms with E-state index >= 15 is 0 Å². The van der Waals surface area contributed by atoms with E-state index in [2.05, 4.69) is 4.90 Å². The molecule has 17 heavy (non-hydrogen) atoms. The van der Waals surface area contributed by atoms with Crippen LogP contribution in [0.25, 0.3) is 0 Å². The summed E-state index contributed by atoms with van der Waals surface area (Å²) in [6, 6.07) is 0. The minimum atomic E-state index is -0.761. The number of hydrogen-bond donors (Lipinski definition) is 3. The number of likely N-dealkylation sites (tertiary alicyclic amines) is 1. The second-order valence-electron chi connectivity index (χ2n) is 5.72. The van der Waals surface area contributed by atoms with Crippen molar-refractivity contribution in [2.75, 3.05) is 26.2 Å². The van der Waals surface area contributed by atoms with Gasteiger partial charge in [0.05, 0.1) is 12.2 Å². The Labute approximate surface area is 103 Å². The molecule has 0 amide bonds. The molecule has 1 saturated carbocycles. The van der Waals surface area contributed by atoms with E-state index in [1.54, 1.807) is 0 Å². The van der Waals surface area contributed by atoms with Crippen molar-refractivity contribution in [2.24, 2.45) is 11.8 Å². The first-order chi connectivity index (χ1) is 8.20. The van der Waals surface area contributed by atoms with E-state index in [1.807, 2.05) is 0 Å². The summed E-state index contributed by atoms with van der Waals surface area (Å²) < 4.78 is 0. The zero-order valence-electron chi connectivity index (χ0n) is 10.5. The molecule has 3 atom stereocenters. The maximum absolute atomic E-state index is 9.78. The van der Waals surface area contributed by atoms with Gasteiger partial charge >= 0.3 is 0 Å². The number of aliphatic hydroxyl groups is 3. The Morgan fingerprint density at radius 2 is 1.71 bits per heavy atom. The van der Waals surface area contributed by atoms with Gasteiger partial charge in [-0.15, -0.1) is 0 Å². The average molecular weight is 243 g/mol. The van der Waals surface area contributed by atoms with Crippen LogP contribution < -0.4 is 0 Å². The van der Waals surface area contributed by atoms with E-state index in [1.165, 1.54) is 32.1 Å². The Bertz CT molecular complexity index is 231. The number of piperidine rings is 1. The molecule has 4 nitrogen and oxygen atoms in total. The third-order valence-electron chi connectivity index (χ3n) is 4.29. The van der Waals surface area contributed by atoms with Crippen LogP contribution in [-0.4, -0.2) is 58.7 Å². The van der Waals surface area contributed by atoms with E-state index in [4.69, 9.17) is 0 Å². The molecule has 0 unspecified atom stereocenters. The molecule has 1 aliphatic heterocycles. The standard InChI is InChI=1S/C13H25NO3/c15-9-11-7-14(8-12(16)13(11)17)6-10-4-2-1-3-5-10/h10-13,15-17H,1-9H2/t11-,12-,13-/m1/s1. The van der Waals surface area contributed by atoms with Crippen molar-refractivity contribution in [3.8, 4) is 0 Å². The lowest BCUT2D eigenvalue weighted by atomic mass is 9.87. The van der Waals surface area contributed by atoms with Crippen molar-refractivity contribution >= 4 is 0 Å². The fraction of sp³-hybridized carbons (Fsp3) is 1.00. The van der Waals surface area contributed by atoms with Gasteiger partial charge in [-0.3, -0.25) is 4.90 Å². The Morgan fingerprint density at radius 1 is 1.00 bits per heavy atom. The van der Waals surface area contributed by atoms with Crippen molar-refractivity contribution in [3.63, 3.8) is 0 Å². The molecule has 0 bridgehead atoms. The van der Waals surface area contributed by atoms with Gasteiger partial charge in [-0.2, -0.15) is 0 Å². The predicted octanol–water partition coefficient (Wildman–Crippen LogP) is 0.213. The summed E-state index contributed by atoms with van der Waals surface area (Å²) in [7, 11) is 0. The van der Waals surface area contributed by atoms with Gasteiger partial charge in [-0.25, -0.2) is 0 Å². The maximum atomic E-state index is 9.78. The third-order valence-corrected chi connectivity index (χ3v) is 4.29. The molecule has 0 aromatic rings. The highest BCUT2D eigenvalue weighted by Gasteiger charge is 2.34.